The highest BCUT2D eigenvalue weighted by Gasteiger charge is 2.30. The maximum atomic E-state index is 5.33. The number of nitrogens with one attached hydrogen (secondary N) is 1. The summed E-state index contributed by atoms with van der Waals surface area (Å²) in [6, 6.07) is 6.42. The molecule has 0 amide bonds. The van der Waals surface area contributed by atoms with Crippen molar-refractivity contribution in [1.82, 2.24) is 5.32 Å². The van der Waals surface area contributed by atoms with E-state index in [1.54, 1.807) is 7.11 Å². The normalized spacial score (nSPS) is 27.1. The molecule has 2 aliphatic rings. The van der Waals surface area contributed by atoms with Crippen LogP contribution in [0.1, 0.15) is 23.5 Å². The van der Waals surface area contributed by atoms with Gasteiger partial charge in [0.1, 0.15) is 5.75 Å². The van der Waals surface area contributed by atoms with Gasteiger partial charge in [0.15, 0.2) is 0 Å². The lowest BCUT2D eigenvalue weighted by Crippen LogP contribution is -2.09. The summed E-state index contributed by atoms with van der Waals surface area (Å²) in [5, 5.41) is 3.50. The minimum absolute atomic E-state index is 0.653. The van der Waals surface area contributed by atoms with Gasteiger partial charge in [0.25, 0.3) is 0 Å². The number of rotatable bonds is 1. The molecule has 1 heterocycles. The molecule has 3 rings (SSSR count). The summed E-state index contributed by atoms with van der Waals surface area (Å²) in [5.74, 6) is 2.38. The van der Waals surface area contributed by atoms with Gasteiger partial charge in [0.05, 0.1) is 7.11 Å². The maximum absolute atomic E-state index is 5.33. The van der Waals surface area contributed by atoms with Gasteiger partial charge in [0, 0.05) is 12.5 Å². The quantitative estimate of drug-likeness (QED) is 0.776. The number of fused-ring (bicyclic) bond motifs is 3. The van der Waals surface area contributed by atoms with Crippen molar-refractivity contribution in [2.24, 2.45) is 5.92 Å². The molecular weight excluding hydrogens is 198 g/mol. The van der Waals surface area contributed by atoms with Crippen LogP contribution in [-0.4, -0.2) is 20.2 Å². The Morgan fingerprint density at radius 2 is 2.25 bits per heavy atom. The zero-order valence-electron chi connectivity index (χ0n) is 9.57. The summed E-state index contributed by atoms with van der Waals surface area (Å²) in [5.41, 5.74) is 2.81. The summed E-state index contributed by atoms with van der Waals surface area (Å²) in [6.07, 6.45) is 5.75. The van der Waals surface area contributed by atoms with Gasteiger partial charge in [-0.15, -0.1) is 0 Å². The smallest absolute Gasteiger partial charge is 0.119 e. The van der Waals surface area contributed by atoms with Crippen LogP contribution in [0.15, 0.2) is 24.3 Å². The highest BCUT2D eigenvalue weighted by molar-refractivity contribution is 5.58. The lowest BCUT2D eigenvalue weighted by molar-refractivity contribution is 0.413. The minimum Gasteiger partial charge on any atom is -0.497 e. The van der Waals surface area contributed by atoms with Crippen LogP contribution in [0.4, 0.5) is 0 Å². The Hall–Kier alpha value is -1.28. The van der Waals surface area contributed by atoms with E-state index in [0.717, 1.165) is 24.8 Å². The van der Waals surface area contributed by atoms with Crippen LogP contribution in [0.5, 0.6) is 5.75 Å². The molecule has 1 aromatic rings. The first-order valence-corrected chi connectivity index (χ1v) is 5.93. The number of methoxy groups -OCH3 is 1. The van der Waals surface area contributed by atoms with Crippen LogP contribution in [0, 0.1) is 5.92 Å². The first kappa shape index (κ1) is 9.91. The molecule has 1 aliphatic carbocycles. The van der Waals surface area contributed by atoms with Gasteiger partial charge in [-0.3, -0.25) is 0 Å². The molecular formula is C14H17NO. The van der Waals surface area contributed by atoms with Crippen molar-refractivity contribution in [1.29, 1.82) is 0 Å². The molecule has 1 saturated heterocycles. The Morgan fingerprint density at radius 3 is 3.12 bits per heavy atom. The van der Waals surface area contributed by atoms with E-state index < -0.39 is 0 Å². The molecule has 0 unspecified atom stereocenters. The highest BCUT2D eigenvalue weighted by atomic mass is 16.5. The van der Waals surface area contributed by atoms with E-state index in [1.165, 1.54) is 17.5 Å². The Morgan fingerprint density at radius 1 is 1.31 bits per heavy atom. The molecule has 1 N–H and O–H groups in total. The van der Waals surface area contributed by atoms with Crippen molar-refractivity contribution in [2.75, 3.05) is 20.2 Å². The topological polar surface area (TPSA) is 21.3 Å². The van der Waals surface area contributed by atoms with Crippen molar-refractivity contribution in [3.05, 3.63) is 35.4 Å². The molecule has 2 heteroatoms. The van der Waals surface area contributed by atoms with Crippen molar-refractivity contribution in [3.63, 3.8) is 0 Å². The van der Waals surface area contributed by atoms with Crippen LogP contribution in [0.25, 0.3) is 6.08 Å². The van der Waals surface area contributed by atoms with E-state index in [-0.39, 0.29) is 0 Å². The second kappa shape index (κ2) is 3.95. The molecule has 0 aromatic heterocycles. The van der Waals surface area contributed by atoms with E-state index in [1.807, 2.05) is 6.07 Å². The van der Waals surface area contributed by atoms with E-state index in [2.05, 4.69) is 29.6 Å². The molecule has 2 nitrogen and oxygen atoms in total. The van der Waals surface area contributed by atoms with E-state index in [0.29, 0.717) is 5.92 Å². The third-order valence-corrected chi connectivity index (χ3v) is 3.77. The molecule has 0 saturated carbocycles. The Labute approximate surface area is 96.3 Å². The fourth-order valence-electron chi connectivity index (χ4n) is 2.87. The molecule has 1 aromatic carbocycles. The summed E-state index contributed by atoms with van der Waals surface area (Å²) >= 11 is 0. The predicted octanol–water partition coefficient (Wildman–Crippen LogP) is 2.42. The van der Waals surface area contributed by atoms with Gasteiger partial charge in [-0.05, 0) is 42.1 Å². The van der Waals surface area contributed by atoms with Crippen LogP contribution >= 0.6 is 0 Å². The van der Waals surface area contributed by atoms with Gasteiger partial charge in [-0.1, -0.05) is 18.2 Å². The third kappa shape index (κ3) is 1.54. The number of allylic oxidation sites excluding steroid dienone is 1. The molecule has 0 radical (unpaired) electrons. The first-order chi connectivity index (χ1) is 7.88. The van der Waals surface area contributed by atoms with Gasteiger partial charge < -0.3 is 10.1 Å². The summed E-state index contributed by atoms with van der Waals surface area (Å²) in [4.78, 5) is 0. The van der Waals surface area contributed by atoms with Gasteiger partial charge in [-0.25, -0.2) is 0 Å². The molecule has 0 bridgehead atoms. The maximum Gasteiger partial charge on any atom is 0.119 e. The third-order valence-electron chi connectivity index (χ3n) is 3.77. The van der Waals surface area contributed by atoms with Crippen LogP contribution in [-0.2, 0) is 0 Å². The average Bonchev–Trinajstić information content (AvgIpc) is 2.71. The van der Waals surface area contributed by atoms with Gasteiger partial charge in [0.2, 0.25) is 0 Å². The lowest BCUT2D eigenvalue weighted by Gasteiger charge is -2.18. The number of hydrogen-bond donors (Lipinski definition) is 1. The second-order valence-corrected chi connectivity index (χ2v) is 4.66. The molecule has 84 valence electrons. The largest absolute Gasteiger partial charge is 0.497 e. The first-order valence-electron chi connectivity index (χ1n) is 5.93. The number of hydrogen-bond acceptors (Lipinski definition) is 2. The van der Waals surface area contributed by atoms with E-state index in [4.69, 9.17) is 4.74 Å². The fourth-order valence-corrected chi connectivity index (χ4v) is 2.87. The van der Waals surface area contributed by atoms with Gasteiger partial charge in [-0.2, -0.15) is 0 Å². The Kier molecular flexibility index (Phi) is 2.44. The van der Waals surface area contributed by atoms with E-state index in [9.17, 15) is 0 Å². The molecule has 0 spiro atoms. The SMILES string of the molecule is COc1ccc2c(c1)[C@@H]1CNC[C@H]1CC=C2. The van der Waals surface area contributed by atoms with E-state index >= 15 is 0 Å². The monoisotopic (exact) mass is 215 g/mol. The van der Waals surface area contributed by atoms with Crippen molar-refractivity contribution >= 4 is 6.08 Å². The number of benzene rings is 1. The summed E-state index contributed by atoms with van der Waals surface area (Å²) in [6.45, 7) is 2.25. The molecule has 1 fully saturated rings. The van der Waals surface area contributed by atoms with Crippen molar-refractivity contribution in [2.45, 2.75) is 12.3 Å². The van der Waals surface area contributed by atoms with Gasteiger partial charge >= 0.3 is 0 Å². The Balaban J connectivity index is 2.07. The number of ether oxygens (including phenoxy) is 1. The van der Waals surface area contributed by atoms with Crippen molar-refractivity contribution in [3.8, 4) is 5.75 Å². The second-order valence-electron chi connectivity index (χ2n) is 4.66. The predicted molar refractivity (Wildman–Crippen MR) is 65.7 cm³/mol. The fraction of sp³-hybridized carbons (Fsp3) is 0.429. The minimum atomic E-state index is 0.653. The zero-order valence-corrected chi connectivity index (χ0v) is 9.57. The molecule has 16 heavy (non-hydrogen) atoms. The van der Waals surface area contributed by atoms with Crippen molar-refractivity contribution < 1.29 is 4.74 Å². The lowest BCUT2D eigenvalue weighted by atomic mass is 9.86. The molecule has 2 atom stereocenters. The standard InChI is InChI=1S/C14H17NO/c1-16-12-6-5-10-3-2-4-11-8-15-9-14(11)13(10)7-12/h2-3,5-7,11,14-15H,4,8-9H2,1H3/t11-,14-/m1/s1. The highest BCUT2D eigenvalue weighted by Crippen LogP contribution is 2.37. The Bertz CT molecular complexity index is 425. The zero-order chi connectivity index (χ0) is 11.0. The van der Waals surface area contributed by atoms with Crippen LogP contribution < -0.4 is 10.1 Å². The molecule has 1 aliphatic heterocycles. The summed E-state index contributed by atoms with van der Waals surface area (Å²) in [7, 11) is 1.73. The van der Waals surface area contributed by atoms with Crippen LogP contribution in [0.2, 0.25) is 0 Å². The van der Waals surface area contributed by atoms with Crippen LogP contribution in [0.3, 0.4) is 0 Å². The average molecular weight is 215 g/mol. The summed E-state index contributed by atoms with van der Waals surface area (Å²) < 4.78 is 5.33.